The van der Waals surface area contributed by atoms with Crippen molar-refractivity contribution in [2.45, 2.75) is 0 Å². The van der Waals surface area contributed by atoms with Crippen molar-refractivity contribution in [2.24, 2.45) is 0 Å². The van der Waals surface area contributed by atoms with Crippen molar-refractivity contribution in [1.82, 2.24) is 0 Å². The van der Waals surface area contributed by atoms with Crippen LogP contribution in [0.25, 0.3) is 0 Å². The van der Waals surface area contributed by atoms with Gasteiger partial charge in [-0.3, -0.25) is 0 Å². The van der Waals surface area contributed by atoms with Gasteiger partial charge in [-0.2, -0.15) is 0 Å². The minimum atomic E-state index is -0.823. The molecule has 0 nitrogen and oxygen atoms in total. The van der Waals surface area contributed by atoms with Crippen LogP contribution in [0.4, 0.5) is 0 Å². The normalized spacial score (nSPS) is 9.75. The molecule has 2 heteroatoms. The van der Waals surface area contributed by atoms with E-state index in [-0.39, 0.29) is 24.0 Å². The molecule has 0 spiro atoms. The predicted octanol–water partition coefficient (Wildman–Crippen LogP) is 0.196. The molecule has 0 radical (unpaired) electrons. The molecule has 0 saturated carbocycles. The van der Waals surface area contributed by atoms with E-state index in [1.54, 1.807) is 0 Å². The molecule has 0 atom stereocenters. The summed E-state index contributed by atoms with van der Waals surface area (Å²) in [5.74, 6) is 0. The smallest absolute Gasteiger partial charge is 0.0774 e. The van der Waals surface area contributed by atoms with Gasteiger partial charge in [0.05, 0.1) is 18.5 Å². The molecular weight excluding hydrogens is 278 g/mol. The summed E-state index contributed by atoms with van der Waals surface area (Å²) in [7, 11) is -0.823. The van der Waals surface area contributed by atoms with Gasteiger partial charge >= 0.3 is 0 Å². The maximum atomic E-state index is 3.77. The second kappa shape index (κ2) is 8.00. The molecule has 0 bridgehead atoms. The fraction of sp³-hybridized carbons (Fsp3) is 0.400. The second-order valence-electron chi connectivity index (χ2n) is 3.03. The Bertz CT molecular complexity index is 125. The molecule has 0 aliphatic carbocycles. The number of allylic oxidation sites excluding steroid dienone is 3. The van der Waals surface area contributed by atoms with Gasteiger partial charge in [0.1, 0.15) is 0 Å². The molecule has 0 unspecified atom stereocenters. The van der Waals surface area contributed by atoms with Crippen molar-refractivity contribution in [3.05, 3.63) is 38.0 Å². The van der Waals surface area contributed by atoms with Crippen molar-refractivity contribution in [3.8, 4) is 0 Å². The first-order valence-electron chi connectivity index (χ1n) is 3.85. The van der Waals surface area contributed by atoms with Gasteiger partial charge in [-0.25, -0.2) is 0 Å². The molecule has 0 heterocycles. The quantitative estimate of drug-likeness (QED) is 0.373. The van der Waals surface area contributed by atoms with Crippen molar-refractivity contribution in [2.75, 3.05) is 25.2 Å². The van der Waals surface area contributed by atoms with Gasteiger partial charge in [-0.1, -0.05) is 38.0 Å². The Labute approximate surface area is 94.2 Å². The van der Waals surface area contributed by atoms with Crippen LogP contribution < -0.4 is 24.0 Å². The SMILES string of the molecule is C=CC[P+](C)(CC=C)CC=C.[I-]. The van der Waals surface area contributed by atoms with Gasteiger partial charge < -0.3 is 24.0 Å². The topological polar surface area (TPSA) is 0 Å². The van der Waals surface area contributed by atoms with Crippen LogP contribution in [0, 0.1) is 0 Å². The largest absolute Gasteiger partial charge is 1.00 e. The zero-order valence-electron chi connectivity index (χ0n) is 7.80. The van der Waals surface area contributed by atoms with Crippen LogP contribution in [0.1, 0.15) is 0 Å². The third kappa shape index (κ3) is 5.96. The fourth-order valence-electron chi connectivity index (χ4n) is 1.16. The Balaban J connectivity index is 0. The van der Waals surface area contributed by atoms with E-state index >= 15 is 0 Å². The van der Waals surface area contributed by atoms with Crippen molar-refractivity contribution >= 4 is 7.26 Å². The zero-order chi connectivity index (χ0) is 8.74. The van der Waals surface area contributed by atoms with Gasteiger partial charge in [-0.15, -0.1) is 0 Å². The summed E-state index contributed by atoms with van der Waals surface area (Å²) in [6.45, 7) is 13.7. The first kappa shape index (κ1) is 14.9. The van der Waals surface area contributed by atoms with Crippen LogP contribution in [0.3, 0.4) is 0 Å². The summed E-state index contributed by atoms with van der Waals surface area (Å²) in [5.41, 5.74) is 0. The molecule has 0 rings (SSSR count). The summed E-state index contributed by atoms with van der Waals surface area (Å²) in [5, 5.41) is 0. The van der Waals surface area contributed by atoms with Crippen LogP contribution in [-0.2, 0) is 0 Å². The van der Waals surface area contributed by atoms with Crippen LogP contribution in [-0.4, -0.2) is 25.2 Å². The van der Waals surface area contributed by atoms with E-state index in [1.807, 2.05) is 18.2 Å². The molecule has 0 saturated heterocycles. The van der Waals surface area contributed by atoms with Crippen LogP contribution in [0.2, 0.25) is 0 Å². The maximum Gasteiger partial charge on any atom is 0.0774 e. The number of hydrogen-bond donors (Lipinski definition) is 0. The highest BCUT2D eigenvalue weighted by atomic mass is 127. The average Bonchev–Trinajstić information content (AvgIpc) is 1.88. The van der Waals surface area contributed by atoms with E-state index in [9.17, 15) is 0 Å². The highest BCUT2D eigenvalue weighted by Crippen LogP contribution is 2.54. The van der Waals surface area contributed by atoms with Crippen LogP contribution in [0.15, 0.2) is 38.0 Å². The molecule has 0 fully saturated rings. The Kier molecular flexibility index (Phi) is 9.92. The number of halogens is 1. The molecule has 0 N–H and O–H groups in total. The fourth-order valence-corrected chi connectivity index (χ4v) is 3.48. The third-order valence-electron chi connectivity index (χ3n) is 1.71. The summed E-state index contributed by atoms with van der Waals surface area (Å²) < 4.78 is 0. The Morgan fingerprint density at radius 1 is 0.917 bits per heavy atom. The lowest BCUT2D eigenvalue weighted by Gasteiger charge is -2.17. The molecule has 0 aromatic carbocycles. The standard InChI is InChI=1S/C10H18P.HI/c1-5-8-11(4,9-6-2)10-7-3;/h5-7H,1-3,8-10H2,4H3;1H/q+1;/p-1. The number of rotatable bonds is 6. The van der Waals surface area contributed by atoms with Gasteiger partial charge in [0.2, 0.25) is 0 Å². The summed E-state index contributed by atoms with van der Waals surface area (Å²) in [6.07, 6.45) is 9.48. The predicted molar refractivity (Wildman–Crippen MR) is 58.0 cm³/mol. The lowest BCUT2D eigenvalue weighted by Crippen LogP contribution is -3.00. The minimum absolute atomic E-state index is 0. The first-order chi connectivity index (χ1) is 5.18. The molecule has 0 aliphatic heterocycles. The lowest BCUT2D eigenvalue weighted by molar-refractivity contribution is -0.00000251. The highest BCUT2D eigenvalue weighted by molar-refractivity contribution is 7.75. The maximum absolute atomic E-state index is 3.77. The van der Waals surface area contributed by atoms with Gasteiger partial charge in [0.15, 0.2) is 0 Å². The summed E-state index contributed by atoms with van der Waals surface area (Å²) in [4.78, 5) is 0. The molecule has 70 valence electrons. The molecule has 12 heavy (non-hydrogen) atoms. The van der Waals surface area contributed by atoms with Gasteiger partial charge in [0.25, 0.3) is 0 Å². The average molecular weight is 296 g/mol. The van der Waals surface area contributed by atoms with Crippen LogP contribution >= 0.6 is 7.26 Å². The van der Waals surface area contributed by atoms with Crippen molar-refractivity contribution in [3.63, 3.8) is 0 Å². The Morgan fingerprint density at radius 3 is 1.33 bits per heavy atom. The molecular formula is C10H18IP. The van der Waals surface area contributed by atoms with Crippen molar-refractivity contribution < 1.29 is 24.0 Å². The Hall–Kier alpha value is 0.380. The number of hydrogen-bond acceptors (Lipinski definition) is 0. The monoisotopic (exact) mass is 296 g/mol. The zero-order valence-corrected chi connectivity index (χ0v) is 10.9. The van der Waals surface area contributed by atoms with E-state index < -0.39 is 7.26 Å². The molecule has 0 amide bonds. The highest BCUT2D eigenvalue weighted by Gasteiger charge is 2.25. The van der Waals surface area contributed by atoms with Gasteiger partial charge in [-0.05, 0) is 0 Å². The minimum Gasteiger partial charge on any atom is -1.00 e. The summed E-state index contributed by atoms with van der Waals surface area (Å²) >= 11 is 0. The van der Waals surface area contributed by atoms with E-state index in [0.29, 0.717) is 0 Å². The van der Waals surface area contributed by atoms with Crippen molar-refractivity contribution in [1.29, 1.82) is 0 Å². The molecule has 0 aliphatic rings. The first-order valence-corrected chi connectivity index (χ1v) is 6.64. The van der Waals surface area contributed by atoms with E-state index in [1.165, 1.54) is 0 Å². The van der Waals surface area contributed by atoms with E-state index in [0.717, 1.165) is 18.5 Å². The lowest BCUT2D eigenvalue weighted by atomic mass is 10.7. The summed E-state index contributed by atoms with van der Waals surface area (Å²) in [6, 6.07) is 0. The third-order valence-corrected chi connectivity index (χ3v) is 5.13. The van der Waals surface area contributed by atoms with Gasteiger partial charge in [0, 0.05) is 13.9 Å². The molecule has 0 aromatic rings. The Morgan fingerprint density at radius 2 is 1.17 bits per heavy atom. The van der Waals surface area contributed by atoms with E-state index in [2.05, 4.69) is 26.4 Å². The van der Waals surface area contributed by atoms with Crippen LogP contribution in [0.5, 0.6) is 0 Å². The second-order valence-corrected chi connectivity index (χ2v) is 7.37. The molecule has 0 aromatic heterocycles. The van der Waals surface area contributed by atoms with E-state index in [4.69, 9.17) is 0 Å².